The Morgan fingerprint density at radius 1 is 0.885 bits per heavy atom. The molecule has 5 heteroatoms. The number of amides is 2. The summed E-state index contributed by atoms with van der Waals surface area (Å²) in [6.45, 7) is 0.567. The average Bonchev–Trinajstić information content (AvgIpc) is 2.64. The van der Waals surface area contributed by atoms with Crippen LogP contribution in [0, 0.1) is 0 Å². The molecule has 0 saturated heterocycles. The van der Waals surface area contributed by atoms with Gasteiger partial charge in [-0.15, -0.1) is 0 Å². The van der Waals surface area contributed by atoms with Crippen LogP contribution in [0.5, 0.6) is 11.5 Å². The van der Waals surface area contributed by atoms with Crippen molar-refractivity contribution in [2.24, 2.45) is 0 Å². The van der Waals surface area contributed by atoms with E-state index in [1.807, 2.05) is 78.9 Å². The molecule has 26 heavy (non-hydrogen) atoms. The minimum Gasteiger partial charge on any atom is -0.457 e. The van der Waals surface area contributed by atoms with Gasteiger partial charge in [0.2, 0.25) is 0 Å². The maximum absolute atomic E-state index is 12.0. The van der Waals surface area contributed by atoms with Crippen LogP contribution in [0.15, 0.2) is 83.3 Å². The lowest BCUT2D eigenvalue weighted by Gasteiger charge is -2.09. The van der Waals surface area contributed by atoms with E-state index in [4.69, 9.17) is 4.74 Å². The number of urea groups is 1. The van der Waals surface area contributed by atoms with Crippen molar-refractivity contribution in [1.82, 2.24) is 5.32 Å². The quantitative estimate of drug-likeness (QED) is 0.554. The molecule has 0 spiro atoms. The standard InChI is InChI=1S/C21H19BrN2O2/c22-17-6-4-5-16(15-17)13-14-23-21(25)24-18-9-11-20(12-10-18)26-19-7-2-1-3-8-19/h1-12,15H,13-14H2,(H2,23,24,25). The van der Waals surface area contributed by atoms with Gasteiger partial charge < -0.3 is 15.4 Å². The van der Waals surface area contributed by atoms with E-state index in [0.717, 1.165) is 22.4 Å². The number of hydrogen-bond acceptors (Lipinski definition) is 2. The second-order valence-electron chi connectivity index (χ2n) is 5.70. The largest absolute Gasteiger partial charge is 0.457 e. The van der Waals surface area contributed by atoms with Crippen LogP contribution in [0.2, 0.25) is 0 Å². The molecule has 0 aliphatic rings. The third kappa shape index (κ3) is 5.63. The van der Waals surface area contributed by atoms with Crippen LogP contribution in [0.25, 0.3) is 0 Å². The van der Waals surface area contributed by atoms with Gasteiger partial charge in [-0.25, -0.2) is 4.79 Å². The topological polar surface area (TPSA) is 50.4 Å². The molecule has 0 aromatic heterocycles. The smallest absolute Gasteiger partial charge is 0.319 e. The van der Waals surface area contributed by atoms with Crippen molar-refractivity contribution in [2.45, 2.75) is 6.42 Å². The summed E-state index contributed by atoms with van der Waals surface area (Å²) in [5, 5.41) is 5.67. The Hall–Kier alpha value is -2.79. The number of halogens is 1. The van der Waals surface area contributed by atoms with Crippen LogP contribution in [-0.4, -0.2) is 12.6 Å². The molecule has 3 aromatic rings. The lowest BCUT2D eigenvalue weighted by molar-refractivity contribution is 0.252. The Balaban J connectivity index is 1.45. The Bertz CT molecular complexity index is 851. The number of benzene rings is 3. The number of nitrogens with one attached hydrogen (secondary N) is 2. The van der Waals surface area contributed by atoms with Gasteiger partial charge in [0.1, 0.15) is 11.5 Å². The number of carbonyl (C=O) groups is 1. The molecule has 0 aliphatic carbocycles. The monoisotopic (exact) mass is 410 g/mol. The summed E-state index contributed by atoms with van der Waals surface area (Å²) in [6.07, 6.45) is 0.775. The molecule has 0 unspecified atom stereocenters. The molecule has 0 radical (unpaired) electrons. The number of hydrogen-bond donors (Lipinski definition) is 2. The Labute approximate surface area is 161 Å². The van der Waals surface area contributed by atoms with Gasteiger partial charge in [-0.05, 0) is 60.5 Å². The van der Waals surface area contributed by atoms with Crippen molar-refractivity contribution in [3.8, 4) is 11.5 Å². The number of anilines is 1. The first-order valence-electron chi connectivity index (χ1n) is 8.31. The van der Waals surface area contributed by atoms with E-state index in [-0.39, 0.29) is 6.03 Å². The molecule has 132 valence electrons. The third-order valence-electron chi connectivity index (χ3n) is 3.68. The number of rotatable bonds is 6. The number of ether oxygens (including phenoxy) is 1. The van der Waals surface area contributed by atoms with Crippen LogP contribution < -0.4 is 15.4 Å². The highest BCUT2D eigenvalue weighted by Gasteiger charge is 2.03. The zero-order valence-corrected chi connectivity index (χ0v) is 15.7. The molecule has 3 rings (SSSR count). The zero-order chi connectivity index (χ0) is 18.2. The van der Waals surface area contributed by atoms with Gasteiger partial charge in [-0.2, -0.15) is 0 Å². The minimum absolute atomic E-state index is 0.225. The lowest BCUT2D eigenvalue weighted by atomic mass is 10.1. The van der Waals surface area contributed by atoms with Crippen LogP contribution in [-0.2, 0) is 6.42 Å². The van der Waals surface area contributed by atoms with Gasteiger partial charge in [-0.1, -0.05) is 46.3 Å². The van der Waals surface area contributed by atoms with Gasteiger partial charge in [0.05, 0.1) is 0 Å². The summed E-state index contributed by atoms with van der Waals surface area (Å²) in [6, 6.07) is 24.7. The highest BCUT2D eigenvalue weighted by atomic mass is 79.9. The summed E-state index contributed by atoms with van der Waals surface area (Å²) in [4.78, 5) is 12.0. The van der Waals surface area contributed by atoms with Crippen LogP contribution in [0.3, 0.4) is 0 Å². The van der Waals surface area contributed by atoms with E-state index in [2.05, 4.69) is 26.6 Å². The summed E-state index contributed by atoms with van der Waals surface area (Å²) in [5.41, 5.74) is 1.88. The number of para-hydroxylation sites is 1. The van der Waals surface area contributed by atoms with E-state index < -0.39 is 0 Å². The Morgan fingerprint density at radius 2 is 1.62 bits per heavy atom. The van der Waals surface area contributed by atoms with Gasteiger partial charge in [-0.3, -0.25) is 0 Å². The maximum atomic E-state index is 12.0. The summed E-state index contributed by atoms with van der Waals surface area (Å²) in [7, 11) is 0. The third-order valence-corrected chi connectivity index (χ3v) is 4.17. The minimum atomic E-state index is -0.225. The number of carbonyl (C=O) groups excluding carboxylic acids is 1. The van der Waals surface area contributed by atoms with Crippen LogP contribution in [0.4, 0.5) is 10.5 Å². The SMILES string of the molecule is O=C(NCCc1cccc(Br)c1)Nc1ccc(Oc2ccccc2)cc1. The fourth-order valence-corrected chi connectivity index (χ4v) is 2.87. The zero-order valence-electron chi connectivity index (χ0n) is 14.1. The van der Waals surface area contributed by atoms with Crippen molar-refractivity contribution >= 4 is 27.6 Å². The molecule has 4 nitrogen and oxygen atoms in total. The first-order valence-corrected chi connectivity index (χ1v) is 9.10. The highest BCUT2D eigenvalue weighted by Crippen LogP contribution is 2.22. The van der Waals surface area contributed by atoms with E-state index in [9.17, 15) is 4.79 Å². The van der Waals surface area contributed by atoms with E-state index >= 15 is 0 Å². The van der Waals surface area contributed by atoms with Gasteiger partial charge in [0, 0.05) is 16.7 Å². The normalized spacial score (nSPS) is 10.2. The van der Waals surface area contributed by atoms with Crippen molar-refractivity contribution < 1.29 is 9.53 Å². The molecule has 3 aromatic carbocycles. The molecule has 0 aliphatic heterocycles. The summed E-state index contributed by atoms with van der Waals surface area (Å²) >= 11 is 3.44. The van der Waals surface area contributed by atoms with E-state index in [0.29, 0.717) is 12.2 Å². The molecular weight excluding hydrogens is 392 g/mol. The Kier molecular flexibility index (Phi) is 6.28. The fraction of sp³-hybridized carbons (Fsp3) is 0.0952. The first-order chi connectivity index (χ1) is 12.7. The molecule has 2 amide bonds. The maximum Gasteiger partial charge on any atom is 0.319 e. The van der Waals surface area contributed by atoms with Crippen molar-refractivity contribution in [2.75, 3.05) is 11.9 Å². The van der Waals surface area contributed by atoms with Gasteiger partial charge >= 0.3 is 6.03 Å². The lowest BCUT2D eigenvalue weighted by Crippen LogP contribution is -2.30. The summed E-state index contributed by atoms with van der Waals surface area (Å²) in [5.74, 6) is 1.50. The van der Waals surface area contributed by atoms with Crippen LogP contribution in [0.1, 0.15) is 5.56 Å². The average molecular weight is 411 g/mol. The molecule has 2 N–H and O–H groups in total. The van der Waals surface area contributed by atoms with E-state index in [1.54, 1.807) is 0 Å². The predicted molar refractivity (Wildman–Crippen MR) is 108 cm³/mol. The molecule has 0 bridgehead atoms. The van der Waals surface area contributed by atoms with E-state index in [1.165, 1.54) is 5.56 Å². The van der Waals surface area contributed by atoms with Crippen molar-refractivity contribution in [1.29, 1.82) is 0 Å². The van der Waals surface area contributed by atoms with Gasteiger partial charge in [0.15, 0.2) is 0 Å². The van der Waals surface area contributed by atoms with Crippen molar-refractivity contribution in [3.63, 3.8) is 0 Å². The molecule has 0 fully saturated rings. The fourth-order valence-electron chi connectivity index (χ4n) is 2.42. The summed E-state index contributed by atoms with van der Waals surface area (Å²) < 4.78 is 6.77. The van der Waals surface area contributed by atoms with Crippen LogP contribution >= 0.6 is 15.9 Å². The molecular formula is C21H19BrN2O2. The predicted octanol–water partition coefficient (Wildman–Crippen LogP) is 5.61. The second kappa shape index (κ2) is 9.06. The second-order valence-corrected chi connectivity index (χ2v) is 6.62. The molecule has 0 atom stereocenters. The highest BCUT2D eigenvalue weighted by molar-refractivity contribution is 9.10. The molecule has 0 saturated carbocycles. The van der Waals surface area contributed by atoms with Gasteiger partial charge in [0.25, 0.3) is 0 Å². The first kappa shape index (κ1) is 18.0. The van der Waals surface area contributed by atoms with Crippen molar-refractivity contribution in [3.05, 3.63) is 88.9 Å². The Morgan fingerprint density at radius 3 is 2.35 bits per heavy atom. The molecule has 0 heterocycles.